The number of rotatable bonds is 4. The van der Waals surface area contributed by atoms with Gasteiger partial charge in [0.15, 0.2) is 0 Å². The lowest BCUT2D eigenvalue weighted by atomic mass is 10.2. The summed E-state index contributed by atoms with van der Waals surface area (Å²) < 4.78 is 5.71. The van der Waals surface area contributed by atoms with Crippen molar-refractivity contribution in [2.75, 3.05) is 13.1 Å². The van der Waals surface area contributed by atoms with Gasteiger partial charge in [-0.25, -0.2) is 0 Å². The van der Waals surface area contributed by atoms with Gasteiger partial charge in [0.2, 0.25) is 0 Å². The molecule has 0 bridgehead atoms. The molecule has 1 aliphatic heterocycles. The third kappa shape index (κ3) is 3.58. The summed E-state index contributed by atoms with van der Waals surface area (Å²) in [7, 11) is 0. The van der Waals surface area contributed by atoms with Crippen LogP contribution in [-0.4, -0.2) is 30.0 Å². The van der Waals surface area contributed by atoms with Crippen LogP contribution in [0.15, 0.2) is 48.7 Å². The predicted molar refractivity (Wildman–Crippen MR) is 79.5 cm³/mol. The van der Waals surface area contributed by atoms with Crippen LogP contribution in [0.25, 0.3) is 0 Å². The summed E-state index contributed by atoms with van der Waals surface area (Å²) in [5.41, 5.74) is 0.371. The van der Waals surface area contributed by atoms with Crippen LogP contribution in [0.3, 0.4) is 0 Å². The van der Waals surface area contributed by atoms with Crippen LogP contribution >= 0.6 is 0 Å². The van der Waals surface area contributed by atoms with E-state index in [1.54, 1.807) is 18.3 Å². The molecule has 0 saturated carbocycles. The molecule has 3 rings (SSSR count). The zero-order chi connectivity index (χ0) is 14.5. The lowest BCUT2D eigenvalue weighted by Gasteiger charge is -2.11. The van der Waals surface area contributed by atoms with Crippen LogP contribution < -0.4 is 15.4 Å². The van der Waals surface area contributed by atoms with E-state index in [0.717, 1.165) is 25.3 Å². The number of benzene rings is 1. The van der Waals surface area contributed by atoms with Crippen molar-refractivity contribution in [3.63, 3.8) is 0 Å². The fraction of sp³-hybridized carbons (Fsp3) is 0.250. The Balaban J connectivity index is 1.69. The number of nitrogens with one attached hydrogen (secondary N) is 2. The van der Waals surface area contributed by atoms with Crippen LogP contribution in [-0.2, 0) is 0 Å². The first-order chi connectivity index (χ1) is 10.3. The molecule has 1 fully saturated rings. The van der Waals surface area contributed by atoms with Gasteiger partial charge in [-0.15, -0.1) is 0 Å². The molecule has 0 spiro atoms. The largest absolute Gasteiger partial charge is 0.457 e. The zero-order valence-electron chi connectivity index (χ0n) is 11.6. The fourth-order valence-corrected chi connectivity index (χ4v) is 2.26. The van der Waals surface area contributed by atoms with Gasteiger partial charge in [-0.3, -0.25) is 9.78 Å². The molecule has 1 aromatic carbocycles. The SMILES string of the molecule is O=C(NC1CCNC1)c1cc(Oc2ccccc2)ccn1. The highest BCUT2D eigenvalue weighted by atomic mass is 16.5. The van der Waals surface area contributed by atoms with Crippen molar-refractivity contribution in [3.8, 4) is 11.5 Å². The topological polar surface area (TPSA) is 63.2 Å². The Morgan fingerprint density at radius 3 is 2.86 bits per heavy atom. The molecule has 2 heterocycles. The van der Waals surface area contributed by atoms with Crippen LogP contribution in [0.5, 0.6) is 11.5 Å². The van der Waals surface area contributed by atoms with Crippen LogP contribution in [0.4, 0.5) is 0 Å². The van der Waals surface area contributed by atoms with Crippen molar-refractivity contribution in [2.45, 2.75) is 12.5 Å². The summed E-state index contributed by atoms with van der Waals surface area (Å²) in [6.45, 7) is 1.75. The quantitative estimate of drug-likeness (QED) is 0.900. The maximum absolute atomic E-state index is 12.1. The molecule has 1 aromatic heterocycles. The molecule has 0 radical (unpaired) electrons. The molecular formula is C16H17N3O2. The molecule has 0 aliphatic carbocycles. The number of nitrogens with zero attached hydrogens (tertiary/aromatic N) is 1. The maximum Gasteiger partial charge on any atom is 0.270 e. The third-order valence-electron chi connectivity index (χ3n) is 3.34. The van der Waals surface area contributed by atoms with E-state index < -0.39 is 0 Å². The molecule has 21 heavy (non-hydrogen) atoms. The number of ether oxygens (including phenoxy) is 1. The fourth-order valence-electron chi connectivity index (χ4n) is 2.26. The number of aromatic nitrogens is 1. The number of carbonyl (C=O) groups excluding carboxylic acids is 1. The number of para-hydroxylation sites is 1. The van der Waals surface area contributed by atoms with Gasteiger partial charge in [0.25, 0.3) is 5.91 Å². The van der Waals surface area contributed by atoms with Crippen molar-refractivity contribution < 1.29 is 9.53 Å². The molecule has 1 saturated heterocycles. The minimum atomic E-state index is -0.165. The second-order valence-corrected chi connectivity index (χ2v) is 4.96. The lowest BCUT2D eigenvalue weighted by molar-refractivity contribution is 0.0934. The Morgan fingerprint density at radius 1 is 1.24 bits per heavy atom. The van der Waals surface area contributed by atoms with Crippen LogP contribution in [0.2, 0.25) is 0 Å². The van der Waals surface area contributed by atoms with Gasteiger partial charge in [-0.05, 0) is 31.2 Å². The highest BCUT2D eigenvalue weighted by molar-refractivity contribution is 5.92. The number of amides is 1. The molecule has 5 heteroatoms. The van der Waals surface area contributed by atoms with E-state index >= 15 is 0 Å². The summed E-state index contributed by atoms with van der Waals surface area (Å²) in [4.78, 5) is 16.3. The summed E-state index contributed by atoms with van der Waals surface area (Å²) in [5.74, 6) is 1.17. The number of pyridine rings is 1. The number of hydrogen-bond acceptors (Lipinski definition) is 4. The second-order valence-electron chi connectivity index (χ2n) is 4.96. The molecule has 1 aliphatic rings. The van der Waals surface area contributed by atoms with E-state index in [0.29, 0.717) is 11.4 Å². The minimum Gasteiger partial charge on any atom is -0.457 e. The molecule has 108 valence electrons. The zero-order valence-corrected chi connectivity index (χ0v) is 11.6. The third-order valence-corrected chi connectivity index (χ3v) is 3.34. The van der Waals surface area contributed by atoms with Crippen LogP contribution in [0, 0.1) is 0 Å². The monoisotopic (exact) mass is 283 g/mol. The van der Waals surface area contributed by atoms with Crippen molar-refractivity contribution in [1.29, 1.82) is 0 Å². The molecule has 1 unspecified atom stereocenters. The summed E-state index contributed by atoms with van der Waals surface area (Å²) >= 11 is 0. The van der Waals surface area contributed by atoms with Gasteiger partial charge >= 0.3 is 0 Å². The molecule has 2 aromatic rings. The summed E-state index contributed by atoms with van der Waals surface area (Å²) in [6, 6.07) is 13.0. The predicted octanol–water partition coefficient (Wildman–Crippen LogP) is 1.97. The van der Waals surface area contributed by atoms with Crippen LogP contribution in [0.1, 0.15) is 16.9 Å². The first-order valence-electron chi connectivity index (χ1n) is 7.02. The van der Waals surface area contributed by atoms with Gasteiger partial charge in [0, 0.05) is 24.8 Å². The summed E-state index contributed by atoms with van der Waals surface area (Å²) in [6.07, 6.45) is 2.53. The smallest absolute Gasteiger partial charge is 0.270 e. The minimum absolute atomic E-state index is 0.165. The Kier molecular flexibility index (Phi) is 4.12. The Bertz CT molecular complexity index is 610. The van der Waals surface area contributed by atoms with E-state index in [9.17, 15) is 4.79 Å². The van der Waals surface area contributed by atoms with Crippen molar-refractivity contribution in [2.24, 2.45) is 0 Å². The van der Waals surface area contributed by atoms with E-state index in [1.165, 1.54) is 0 Å². The second kappa shape index (κ2) is 6.37. The standard InChI is InChI=1S/C16H17N3O2/c20-16(19-12-6-8-17-11-12)15-10-14(7-9-18-15)21-13-4-2-1-3-5-13/h1-5,7,9-10,12,17H,6,8,11H2,(H,19,20). The van der Waals surface area contributed by atoms with E-state index in [4.69, 9.17) is 4.74 Å². The molecule has 5 nitrogen and oxygen atoms in total. The Labute approximate surface area is 123 Å². The van der Waals surface area contributed by atoms with Gasteiger partial charge in [0.05, 0.1) is 0 Å². The van der Waals surface area contributed by atoms with Crippen molar-refractivity contribution >= 4 is 5.91 Å². The maximum atomic E-state index is 12.1. The lowest BCUT2D eigenvalue weighted by Crippen LogP contribution is -2.36. The Morgan fingerprint density at radius 2 is 2.10 bits per heavy atom. The Hall–Kier alpha value is -2.40. The number of carbonyl (C=O) groups is 1. The van der Waals surface area contributed by atoms with Crippen molar-refractivity contribution in [1.82, 2.24) is 15.6 Å². The van der Waals surface area contributed by atoms with E-state index in [1.807, 2.05) is 30.3 Å². The molecule has 1 atom stereocenters. The average Bonchev–Trinajstić information content (AvgIpc) is 3.01. The van der Waals surface area contributed by atoms with Gasteiger partial charge in [-0.2, -0.15) is 0 Å². The van der Waals surface area contributed by atoms with Gasteiger partial charge < -0.3 is 15.4 Å². The van der Waals surface area contributed by atoms with Gasteiger partial charge in [-0.1, -0.05) is 18.2 Å². The average molecular weight is 283 g/mol. The highest BCUT2D eigenvalue weighted by Crippen LogP contribution is 2.20. The first-order valence-corrected chi connectivity index (χ1v) is 7.02. The highest BCUT2D eigenvalue weighted by Gasteiger charge is 2.18. The first kappa shape index (κ1) is 13.6. The van der Waals surface area contributed by atoms with Crippen molar-refractivity contribution in [3.05, 3.63) is 54.4 Å². The molecule has 2 N–H and O–H groups in total. The molecule has 1 amide bonds. The summed E-state index contributed by atoms with van der Waals surface area (Å²) in [5, 5.41) is 6.18. The van der Waals surface area contributed by atoms with Gasteiger partial charge in [0.1, 0.15) is 17.2 Å². The van der Waals surface area contributed by atoms with E-state index in [2.05, 4.69) is 15.6 Å². The normalized spacial score (nSPS) is 17.4. The van der Waals surface area contributed by atoms with E-state index in [-0.39, 0.29) is 11.9 Å². The molecular weight excluding hydrogens is 266 g/mol. The number of hydrogen-bond donors (Lipinski definition) is 2.